The summed E-state index contributed by atoms with van der Waals surface area (Å²) in [5, 5.41) is 7.21. The van der Waals surface area contributed by atoms with E-state index in [1.165, 1.54) is 12.8 Å². The molecule has 1 saturated carbocycles. The third-order valence-electron chi connectivity index (χ3n) is 3.34. The zero-order valence-electron chi connectivity index (χ0n) is 9.63. The molecule has 1 aliphatic carbocycles. The topological polar surface area (TPSA) is 46.5 Å². The number of hydrogen-bond donors (Lipinski definition) is 1. The van der Waals surface area contributed by atoms with E-state index in [4.69, 9.17) is 12.2 Å². The van der Waals surface area contributed by atoms with Gasteiger partial charge in [0.2, 0.25) is 0 Å². The standard InChI is InChI=1S/C12H14N4S/c1-8(9-4-5-9)16-11(14-15-12(16)17)10-3-2-6-13-7-10/h2-3,6-9H,4-5H2,1H3,(H,15,17). The number of nitrogens with zero attached hydrogens (tertiary/aromatic N) is 3. The van der Waals surface area contributed by atoms with Crippen LogP contribution in [0.3, 0.4) is 0 Å². The summed E-state index contributed by atoms with van der Waals surface area (Å²) in [5.41, 5.74) is 1.01. The number of aromatic nitrogens is 4. The lowest BCUT2D eigenvalue weighted by Crippen LogP contribution is -2.09. The largest absolute Gasteiger partial charge is 0.297 e. The van der Waals surface area contributed by atoms with Crippen LogP contribution in [0.1, 0.15) is 25.8 Å². The quantitative estimate of drug-likeness (QED) is 0.847. The van der Waals surface area contributed by atoms with E-state index in [2.05, 4.69) is 26.7 Å². The van der Waals surface area contributed by atoms with Gasteiger partial charge >= 0.3 is 0 Å². The van der Waals surface area contributed by atoms with Crippen LogP contribution in [-0.2, 0) is 0 Å². The predicted molar refractivity (Wildman–Crippen MR) is 68.1 cm³/mol. The Hall–Kier alpha value is -1.49. The zero-order chi connectivity index (χ0) is 11.8. The summed E-state index contributed by atoms with van der Waals surface area (Å²) in [6.45, 7) is 2.21. The first-order valence-corrected chi connectivity index (χ1v) is 6.25. The smallest absolute Gasteiger partial charge is 0.195 e. The van der Waals surface area contributed by atoms with Gasteiger partial charge in [-0.1, -0.05) is 0 Å². The molecule has 2 aromatic heterocycles. The Bertz CT molecular complexity index is 568. The van der Waals surface area contributed by atoms with Gasteiger partial charge in [0, 0.05) is 24.0 Å². The highest BCUT2D eigenvalue weighted by atomic mass is 32.1. The molecule has 1 atom stereocenters. The molecule has 1 aliphatic rings. The minimum atomic E-state index is 0.413. The highest BCUT2D eigenvalue weighted by Crippen LogP contribution is 2.40. The molecule has 3 rings (SSSR count). The van der Waals surface area contributed by atoms with E-state index >= 15 is 0 Å². The van der Waals surface area contributed by atoms with Crippen molar-refractivity contribution in [1.82, 2.24) is 19.7 Å². The Morgan fingerprint density at radius 2 is 2.35 bits per heavy atom. The Morgan fingerprint density at radius 3 is 3.00 bits per heavy atom. The maximum atomic E-state index is 5.32. The van der Waals surface area contributed by atoms with E-state index in [0.29, 0.717) is 10.8 Å². The molecule has 0 radical (unpaired) electrons. The van der Waals surface area contributed by atoms with Gasteiger partial charge in [0.05, 0.1) is 0 Å². The maximum absolute atomic E-state index is 5.32. The van der Waals surface area contributed by atoms with Crippen LogP contribution in [0.25, 0.3) is 11.4 Å². The van der Waals surface area contributed by atoms with Crippen LogP contribution in [-0.4, -0.2) is 19.7 Å². The molecule has 0 spiro atoms. The van der Waals surface area contributed by atoms with E-state index in [-0.39, 0.29) is 0 Å². The Morgan fingerprint density at radius 1 is 1.53 bits per heavy atom. The number of pyridine rings is 1. The molecule has 4 nitrogen and oxygen atoms in total. The number of hydrogen-bond acceptors (Lipinski definition) is 3. The minimum Gasteiger partial charge on any atom is -0.297 e. The van der Waals surface area contributed by atoms with Crippen LogP contribution >= 0.6 is 12.2 Å². The molecule has 17 heavy (non-hydrogen) atoms. The fourth-order valence-corrected chi connectivity index (χ4v) is 2.47. The van der Waals surface area contributed by atoms with Gasteiger partial charge in [0.25, 0.3) is 0 Å². The van der Waals surface area contributed by atoms with Crippen LogP contribution in [0.5, 0.6) is 0 Å². The van der Waals surface area contributed by atoms with Crippen molar-refractivity contribution in [2.45, 2.75) is 25.8 Å². The lowest BCUT2D eigenvalue weighted by Gasteiger charge is -2.14. The molecule has 1 unspecified atom stereocenters. The van der Waals surface area contributed by atoms with Crippen LogP contribution in [0.4, 0.5) is 0 Å². The first kappa shape index (κ1) is 10.7. The number of aromatic amines is 1. The summed E-state index contributed by atoms with van der Waals surface area (Å²) < 4.78 is 2.81. The average Bonchev–Trinajstić information content (AvgIpc) is 3.13. The molecule has 0 saturated heterocycles. The van der Waals surface area contributed by atoms with E-state index in [1.807, 2.05) is 18.3 Å². The molecule has 88 valence electrons. The first-order chi connectivity index (χ1) is 8.27. The Kier molecular flexibility index (Phi) is 2.55. The van der Waals surface area contributed by atoms with Crippen LogP contribution in [0.2, 0.25) is 0 Å². The number of nitrogens with one attached hydrogen (secondary N) is 1. The fraction of sp³-hybridized carbons (Fsp3) is 0.417. The summed E-state index contributed by atoms with van der Waals surface area (Å²) in [7, 11) is 0. The van der Waals surface area contributed by atoms with Crippen molar-refractivity contribution < 1.29 is 0 Å². The highest BCUT2D eigenvalue weighted by Gasteiger charge is 2.31. The molecule has 0 aromatic carbocycles. The normalized spacial score (nSPS) is 17.0. The summed E-state index contributed by atoms with van der Waals surface area (Å²) in [6.07, 6.45) is 6.17. The molecular formula is C12H14N4S. The summed E-state index contributed by atoms with van der Waals surface area (Å²) in [4.78, 5) is 4.13. The van der Waals surface area contributed by atoms with Crippen molar-refractivity contribution in [2.24, 2.45) is 5.92 Å². The maximum Gasteiger partial charge on any atom is 0.195 e. The zero-order valence-corrected chi connectivity index (χ0v) is 10.4. The molecule has 5 heteroatoms. The summed E-state index contributed by atoms with van der Waals surface area (Å²) in [5.74, 6) is 1.64. The van der Waals surface area contributed by atoms with Crippen molar-refractivity contribution in [1.29, 1.82) is 0 Å². The molecule has 0 amide bonds. The third kappa shape index (κ3) is 1.91. The summed E-state index contributed by atoms with van der Waals surface area (Å²) in [6, 6.07) is 4.34. The van der Waals surface area contributed by atoms with Gasteiger partial charge in [-0.2, -0.15) is 5.10 Å². The second-order valence-corrected chi connectivity index (χ2v) is 4.93. The molecule has 2 heterocycles. The summed E-state index contributed by atoms with van der Waals surface area (Å²) >= 11 is 5.32. The van der Waals surface area contributed by atoms with Gasteiger partial charge in [-0.05, 0) is 50.0 Å². The molecule has 0 aliphatic heterocycles. The Labute approximate surface area is 105 Å². The fourth-order valence-electron chi connectivity index (χ4n) is 2.17. The Balaban J connectivity index is 2.09. The van der Waals surface area contributed by atoms with E-state index in [1.54, 1.807) is 6.20 Å². The van der Waals surface area contributed by atoms with Crippen LogP contribution in [0.15, 0.2) is 24.5 Å². The lowest BCUT2D eigenvalue weighted by atomic mass is 10.2. The van der Waals surface area contributed by atoms with E-state index < -0.39 is 0 Å². The van der Waals surface area contributed by atoms with Crippen molar-refractivity contribution in [3.8, 4) is 11.4 Å². The molecule has 2 aromatic rings. The molecule has 0 bridgehead atoms. The van der Waals surface area contributed by atoms with Gasteiger partial charge in [-0.15, -0.1) is 0 Å². The second kappa shape index (κ2) is 4.07. The SMILES string of the molecule is CC(C1CC1)n1c(-c2cccnc2)n[nH]c1=S. The van der Waals surface area contributed by atoms with Crippen molar-refractivity contribution in [3.63, 3.8) is 0 Å². The second-order valence-electron chi connectivity index (χ2n) is 4.54. The minimum absolute atomic E-state index is 0.413. The lowest BCUT2D eigenvalue weighted by molar-refractivity contribution is 0.484. The van der Waals surface area contributed by atoms with Crippen molar-refractivity contribution in [3.05, 3.63) is 29.3 Å². The number of H-pyrrole nitrogens is 1. The van der Waals surface area contributed by atoms with E-state index in [0.717, 1.165) is 17.3 Å². The van der Waals surface area contributed by atoms with Gasteiger partial charge < -0.3 is 0 Å². The van der Waals surface area contributed by atoms with Gasteiger partial charge in [0.15, 0.2) is 10.6 Å². The third-order valence-corrected chi connectivity index (χ3v) is 3.62. The molecule has 1 N–H and O–H groups in total. The van der Waals surface area contributed by atoms with E-state index in [9.17, 15) is 0 Å². The number of rotatable bonds is 3. The van der Waals surface area contributed by atoms with Gasteiger partial charge in [0.1, 0.15) is 0 Å². The highest BCUT2D eigenvalue weighted by molar-refractivity contribution is 7.71. The monoisotopic (exact) mass is 246 g/mol. The van der Waals surface area contributed by atoms with Gasteiger partial charge in [-0.25, -0.2) is 0 Å². The predicted octanol–water partition coefficient (Wildman–Crippen LogP) is 2.97. The van der Waals surface area contributed by atoms with Crippen molar-refractivity contribution in [2.75, 3.05) is 0 Å². The van der Waals surface area contributed by atoms with Gasteiger partial charge in [-0.3, -0.25) is 14.6 Å². The van der Waals surface area contributed by atoms with Crippen molar-refractivity contribution >= 4 is 12.2 Å². The van der Waals surface area contributed by atoms with Crippen LogP contribution in [0, 0.1) is 10.7 Å². The molecular weight excluding hydrogens is 232 g/mol. The average molecular weight is 246 g/mol. The van der Waals surface area contributed by atoms with Crippen LogP contribution < -0.4 is 0 Å². The first-order valence-electron chi connectivity index (χ1n) is 5.84. The molecule has 1 fully saturated rings.